The summed E-state index contributed by atoms with van der Waals surface area (Å²) >= 11 is 2.04. The lowest BCUT2D eigenvalue weighted by atomic mass is 9.94. The lowest BCUT2D eigenvalue weighted by Gasteiger charge is -2.43. The number of ether oxygens (including phenoxy) is 1. The van der Waals surface area contributed by atoms with Crippen molar-refractivity contribution in [3.05, 3.63) is 30.2 Å². The number of nitrogens with one attached hydrogen (secondary N) is 1. The second kappa shape index (κ2) is 10.5. The number of thioether (sulfide) groups is 1. The van der Waals surface area contributed by atoms with Crippen LogP contribution in [0.4, 0.5) is 0 Å². The van der Waals surface area contributed by atoms with Crippen LogP contribution in [0.15, 0.2) is 28.8 Å². The fourth-order valence-corrected chi connectivity index (χ4v) is 5.54. The van der Waals surface area contributed by atoms with E-state index in [1.165, 1.54) is 37.2 Å². The summed E-state index contributed by atoms with van der Waals surface area (Å²) in [6, 6.07) is 7.55. The van der Waals surface area contributed by atoms with Gasteiger partial charge in [-0.2, -0.15) is 16.7 Å². The molecule has 4 rings (SSSR count). The summed E-state index contributed by atoms with van der Waals surface area (Å²) in [7, 11) is 1.64. The molecule has 0 atom stereocenters. The predicted molar refractivity (Wildman–Crippen MR) is 122 cm³/mol. The number of nitrogens with zero attached hydrogens (tertiary/aromatic N) is 3. The average molecular weight is 445 g/mol. The average Bonchev–Trinajstić information content (AvgIpc) is 3.49. The van der Waals surface area contributed by atoms with E-state index in [0.717, 1.165) is 30.9 Å². The first kappa shape index (κ1) is 22.1. The number of hydrogen-bond donors (Lipinski definition) is 1. The highest BCUT2D eigenvalue weighted by Crippen LogP contribution is 2.36. The van der Waals surface area contributed by atoms with Crippen molar-refractivity contribution >= 4 is 17.7 Å². The molecule has 0 spiro atoms. The van der Waals surface area contributed by atoms with Gasteiger partial charge in [-0.15, -0.1) is 0 Å². The van der Waals surface area contributed by atoms with E-state index in [9.17, 15) is 4.79 Å². The molecular weight excluding hydrogens is 412 g/mol. The molecule has 1 aromatic heterocycles. The minimum absolute atomic E-state index is 0.118. The van der Waals surface area contributed by atoms with E-state index >= 15 is 0 Å². The number of carbonyl (C=O) groups is 1. The Bertz CT molecular complexity index is 843. The molecule has 2 aliphatic rings. The highest BCUT2D eigenvalue weighted by atomic mass is 32.2. The van der Waals surface area contributed by atoms with E-state index in [2.05, 4.69) is 20.4 Å². The Morgan fingerprint density at radius 2 is 1.97 bits per heavy atom. The zero-order valence-corrected chi connectivity index (χ0v) is 19.1. The predicted octanol–water partition coefficient (Wildman–Crippen LogP) is 3.55. The molecule has 1 amide bonds. The van der Waals surface area contributed by atoms with E-state index in [0.29, 0.717) is 31.0 Å². The van der Waals surface area contributed by atoms with E-state index in [4.69, 9.17) is 9.26 Å². The highest BCUT2D eigenvalue weighted by Gasteiger charge is 2.40. The van der Waals surface area contributed by atoms with E-state index in [-0.39, 0.29) is 11.4 Å². The first-order valence-electron chi connectivity index (χ1n) is 11.3. The Hall–Kier alpha value is -2.06. The molecular formula is C23H32N4O3S. The van der Waals surface area contributed by atoms with E-state index in [1.807, 2.05) is 36.0 Å². The van der Waals surface area contributed by atoms with Gasteiger partial charge in [0.25, 0.3) is 0 Å². The highest BCUT2D eigenvalue weighted by molar-refractivity contribution is 7.99. The monoisotopic (exact) mass is 444 g/mol. The zero-order valence-electron chi connectivity index (χ0n) is 18.3. The van der Waals surface area contributed by atoms with Gasteiger partial charge in [-0.25, -0.2) is 0 Å². The standard InChI is InChI=1S/C23H32N4O3S/c1-29-19-9-7-18(8-10-19)22-25-21(30-26-22)6-4-5-20(28)24-17-23(11-2-3-12-23)27-13-15-31-16-14-27/h7-10H,2-6,11-17H2,1H3,(H,24,28). The molecule has 0 unspecified atom stereocenters. The topological polar surface area (TPSA) is 80.5 Å². The number of amides is 1. The molecule has 168 valence electrons. The Balaban J connectivity index is 1.22. The summed E-state index contributed by atoms with van der Waals surface area (Å²) in [4.78, 5) is 19.6. The van der Waals surface area contributed by atoms with Crippen molar-refractivity contribution < 1.29 is 14.1 Å². The molecule has 2 heterocycles. The summed E-state index contributed by atoms with van der Waals surface area (Å²) in [6.07, 6.45) is 6.73. The van der Waals surface area contributed by atoms with Crippen LogP contribution in [0.2, 0.25) is 0 Å². The number of rotatable bonds is 9. The minimum Gasteiger partial charge on any atom is -0.497 e. The molecule has 0 bridgehead atoms. The molecule has 0 radical (unpaired) electrons. The number of methoxy groups -OCH3 is 1. The van der Waals surface area contributed by atoms with Crippen molar-refractivity contribution in [3.63, 3.8) is 0 Å². The summed E-state index contributed by atoms with van der Waals surface area (Å²) in [5.74, 6) is 4.45. The van der Waals surface area contributed by atoms with Crippen LogP contribution in [0.1, 0.15) is 44.4 Å². The molecule has 2 fully saturated rings. The summed E-state index contributed by atoms with van der Waals surface area (Å²) in [5, 5.41) is 7.28. The van der Waals surface area contributed by atoms with Gasteiger partial charge in [0, 0.05) is 55.1 Å². The van der Waals surface area contributed by atoms with Crippen LogP contribution in [-0.2, 0) is 11.2 Å². The third-order valence-electron chi connectivity index (χ3n) is 6.44. The smallest absolute Gasteiger partial charge is 0.226 e. The molecule has 1 aromatic carbocycles. The van der Waals surface area contributed by atoms with Gasteiger partial charge in [0.05, 0.1) is 7.11 Å². The molecule has 1 saturated heterocycles. The number of carbonyl (C=O) groups excluding carboxylic acids is 1. The van der Waals surface area contributed by atoms with Crippen molar-refractivity contribution in [2.45, 2.75) is 50.5 Å². The third-order valence-corrected chi connectivity index (χ3v) is 7.38. The van der Waals surface area contributed by atoms with Crippen LogP contribution in [0, 0.1) is 0 Å². The van der Waals surface area contributed by atoms with Crippen LogP contribution in [0.3, 0.4) is 0 Å². The maximum Gasteiger partial charge on any atom is 0.226 e. The van der Waals surface area contributed by atoms with Gasteiger partial charge >= 0.3 is 0 Å². The molecule has 1 N–H and O–H groups in total. The van der Waals surface area contributed by atoms with E-state index < -0.39 is 0 Å². The Labute approximate surface area is 188 Å². The second-order valence-corrected chi connectivity index (χ2v) is 9.63. The van der Waals surface area contributed by atoms with Gasteiger partial charge in [-0.3, -0.25) is 9.69 Å². The molecule has 2 aromatic rings. The number of benzene rings is 1. The Morgan fingerprint density at radius 1 is 1.23 bits per heavy atom. The molecule has 7 nitrogen and oxygen atoms in total. The number of aromatic nitrogens is 2. The van der Waals surface area contributed by atoms with Gasteiger partial charge in [0.15, 0.2) is 0 Å². The first-order chi connectivity index (χ1) is 15.2. The van der Waals surface area contributed by atoms with Gasteiger partial charge in [0.2, 0.25) is 17.6 Å². The maximum atomic E-state index is 12.5. The zero-order chi connectivity index (χ0) is 21.5. The summed E-state index contributed by atoms with van der Waals surface area (Å²) < 4.78 is 10.5. The van der Waals surface area contributed by atoms with Gasteiger partial charge < -0.3 is 14.6 Å². The summed E-state index contributed by atoms with van der Waals surface area (Å²) in [5.41, 5.74) is 1.06. The van der Waals surface area contributed by atoms with Gasteiger partial charge in [-0.1, -0.05) is 18.0 Å². The molecule has 1 saturated carbocycles. The SMILES string of the molecule is COc1ccc(-c2noc(CCCC(=O)NCC3(N4CCSCC4)CCCC3)n2)cc1. The molecule has 1 aliphatic heterocycles. The normalized spacial score (nSPS) is 18.7. The lowest BCUT2D eigenvalue weighted by Crippen LogP contribution is -2.56. The van der Waals surface area contributed by atoms with Gasteiger partial charge in [-0.05, 0) is 43.5 Å². The maximum absolute atomic E-state index is 12.5. The van der Waals surface area contributed by atoms with Crippen LogP contribution < -0.4 is 10.1 Å². The van der Waals surface area contributed by atoms with Crippen LogP contribution in [-0.4, -0.2) is 64.7 Å². The minimum atomic E-state index is 0.118. The fourth-order valence-electron chi connectivity index (χ4n) is 4.64. The molecule has 1 aliphatic carbocycles. The van der Waals surface area contributed by atoms with Gasteiger partial charge in [0.1, 0.15) is 5.75 Å². The van der Waals surface area contributed by atoms with Crippen LogP contribution >= 0.6 is 11.8 Å². The number of aryl methyl sites for hydroxylation is 1. The third kappa shape index (κ3) is 5.60. The van der Waals surface area contributed by atoms with Crippen molar-refractivity contribution in [3.8, 4) is 17.1 Å². The van der Waals surface area contributed by atoms with Crippen LogP contribution in [0.25, 0.3) is 11.4 Å². The fraction of sp³-hybridized carbons (Fsp3) is 0.609. The second-order valence-electron chi connectivity index (χ2n) is 8.40. The quantitative estimate of drug-likeness (QED) is 0.633. The van der Waals surface area contributed by atoms with Crippen LogP contribution in [0.5, 0.6) is 5.75 Å². The van der Waals surface area contributed by atoms with Crippen molar-refractivity contribution in [1.29, 1.82) is 0 Å². The summed E-state index contributed by atoms with van der Waals surface area (Å²) in [6.45, 7) is 3.07. The molecule has 8 heteroatoms. The lowest BCUT2D eigenvalue weighted by molar-refractivity contribution is -0.121. The van der Waals surface area contributed by atoms with Crippen molar-refractivity contribution in [2.24, 2.45) is 0 Å². The van der Waals surface area contributed by atoms with Crippen molar-refractivity contribution in [1.82, 2.24) is 20.4 Å². The largest absolute Gasteiger partial charge is 0.497 e. The molecule has 31 heavy (non-hydrogen) atoms. The van der Waals surface area contributed by atoms with E-state index in [1.54, 1.807) is 7.11 Å². The van der Waals surface area contributed by atoms with Crippen molar-refractivity contribution in [2.75, 3.05) is 38.2 Å². The Morgan fingerprint density at radius 3 is 2.68 bits per heavy atom. The first-order valence-corrected chi connectivity index (χ1v) is 12.4. The number of hydrogen-bond acceptors (Lipinski definition) is 7. The Kier molecular flexibility index (Phi) is 7.50.